The van der Waals surface area contributed by atoms with E-state index in [1.54, 1.807) is 7.11 Å². The van der Waals surface area contributed by atoms with Crippen molar-refractivity contribution in [2.45, 2.75) is 25.8 Å². The van der Waals surface area contributed by atoms with Crippen molar-refractivity contribution in [1.82, 2.24) is 0 Å². The maximum absolute atomic E-state index is 12.4. The fraction of sp³-hybridized carbons (Fsp3) is 0.462. The summed E-state index contributed by atoms with van der Waals surface area (Å²) < 4.78 is 5.28. The molecular formula is C13H15NO2. The fourth-order valence-electron chi connectivity index (χ4n) is 2.65. The predicted molar refractivity (Wildman–Crippen MR) is 62.1 cm³/mol. The van der Waals surface area contributed by atoms with Gasteiger partial charge in [0.1, 0.15) is 5.75 Å². The summed E-state index contributed by atoms with van der Waals surface area (Å²) in [6.07, 6.45) is 2.02. The lowest BCUT2D eigenvalue weighted by Crippen LogP contribution is -2.39. The van der Waals surface area contributed by atoms with Gasteiger partial charge in [0, 0.05) is 11.6 Å². The fourth-order valence-corrected chi connectivity index (χ4v) is 2.65. The highest BCUT2D eigenvalue weighted by Crippen LogP contribution is 2.55. The van der Waals surface area contributed by atoms with Crippen LogP contribution < -0.4 is 10.1 Å². The average molecular weight is 217 g/mol. The summed E-state index contributed by atoms with van der Waals surface area (Å²) in [4.78, 5) is 12.4. The summed E-state index contributed by atoms with van der Waals surface area (Å²) >= 11 is 0. The molecule has 1 fully saturated rings. The second kappa shape index (κ2) is 3.00. The molecule has 0 radical (unpaired) electrons. The Labute approximate surface area is 94.8 Å². The Bertz CT molecular complexity index is 463. The molecule has 1 saturated carbocycles. The lowest BCUT2D eigenvalue weighted by molar-refractivity contribution is 0.0880. The first-order valence-corrected chi connectivity index (χ1v) is 5.67. The molecule has 0 aromatic heterocycles. The third-order valence-electron chi connectivity index (χ3n) is 3.92. The Morgan fingerprint density at radius 1 is 1.44 bits per heavy atom. The average Bonchev–Trinajstić information content (AvgIpc) is 3.08. The molecule has 0 saturated heterocycles. The van der Waals surface area contributed by atoms with Gasteiger partial charge in [-0.2, -0.15) is 0 Å². The quantitative estimate of drug-likeness (QED) is 0.785. The Hall–Kier alpha value is -1.51. The normalized spacial score (nSPS) is 24.9. The van der Waals surface area contributed by atoms with Crippen LogP contribution in [0.15, 0.2) is 18.2 Å². The zero-order valence-electron chi connectivity index (χ0n) is 9.54. The van der Waals surface area contributed by atoms with Crippen LogP contribution in [0.4, 0.5) is 5.69 Å². The van der Waals surface area contributed by atoms with Crippen molar-refractivity contribution in [3.8, 4) is 5.75 Å². The standard InChI is InChI=1S/C13H15NO2/c1-8-13(6-7-13)12(15)9-4-3-5-10(16-2)11(9)14-8/h3-5,8,14H,6-7H2,1-2H3. The van der Waals surface area contributed by atoms with E-state index in [1.807, 2.05) is 18.2 Å². The third-order valence-corrected chi connectivity index (χ3v) is 3.92. The summed E-state index contributed by atoms with van der Waals surface area (Å²) in [5.74, 6) is 1.04. The zero-order valence-corrected chi connectivity index (χ0v) is 9.54. The lowest BCUT2D eigenvalue weighted by atomic mass is 9.83. The number of anilines is 1. The molecular weight excluding hydrogens is 202 g/mol. The summed E-state index contributed by atoms with van der Waals surface area (Å²) in [5, 5.41) is 3.42. The van der Waals surface area contributed by atoms with E-state index in [9.17, 15) is 4.79 Å². The maximum Gasteiger partial charge on any atom is 0.173 e. The number of Topliss-reactive ketones (excluding diaryl/α,β-unsaturated/α-hetero) is 1. The van der Waals surface area contributed by atoms with E-state index in [-0.39, 0.29) is 17.2 Å². The summed E-state index contributed by atoms with van der Waals surface area (Å²) in [6, 6.07) is 5.86. The van der Waals surface area contributed by atoms with Gasteiger partial charge >= 0.3 is 0 Å². The number of fused-ring (bicyclic) bond motifs is 1. The summed E-state index contributed by atoms with van der Waals surface area (Å²) in [5.41, 5.74) is 1.52. The largest absolute Gasteiger partial charge is 0.495 e. The summed E-state index contributed by atoms with van der Waals surface area (Å²) in [7, 11) is 1.63. The second-order valence-corrected chi connectivity index (χ2v) is 4.73. The molecule has 2 aliphatic rings. The van der Waals surface area contributed by atoms with E-state index in [0.717, 1.165) is 29.8 Å². The van der Waals surface area contributed by atoms with Gasteiger partial charge in [-0.05, 0) is 31.9 Å². The number of rotatable bonds is 1. The first-order chi connectivity index (χ1) is 7.69. The van der Waals surface area contributed by atoms with Gasteiger partial charge in [0.05, 0.1) is 18.2 Å². The van der Waals surface area contributed by atoms with E-state index >= 15 is 0 Å². The maximum atomic E-state index is 12.4. The molecule has 1 aromatic carbocycles. The molecule has 16 heavy (non-hydrogen) atoms. The van der Waals surface area contributed by atoms with E-state index in [2.05, 4.69) is 12.2 Å². The molecule has 1 spiro atoms. The number of hydrogen-bond acceptors (Lipinski definition) is 3. The smallest absolute Gasteiger partial charge is 0.173 e. The van der Waals surface area contributed by atoms with Crippen molar-refractivity contribution < 1.29 is 9.53 Å². The number of carbonyl (C=O) groups is 1. The Morgan fingerprint density at radius 2 is 2.19 bits per heavy atom. The molecule has 1 aliphatic carbocycles. The van der Waals surface area contributed by atoms with Gasteiger partial charge in [-0.25, -0.2) is 0 Å². The van der Waals surface area contributed by atoms with Gasteiger partial charge in [0.2, 0.25) is 0 Å². The Morgan fingerprint density at radius 3 is 2.81 bits per heavy atom. The molecule has 3 rings (SSSR count). The third kappa shape index (κ3) is 1.06. The number of ether oxygens (including phenoxy) is 1. The highest BCUT2D eigenvalue weighted by Gasteiger charge is 2.56. The highest BCUT2D eigenvalue weighted by molar-refractivity contribution is 6.09. The minimum absolute atomic E-state index is 0.126. The molecule has 1 unspecified atom stereocenters. The number of para-hydroxylation sites is 1. The van der Waals surface area contributed by atoms with Crippen molar-refractivity contribution in [3.63, 3.8) is 0 Å². The lowest BCUT2D eigenvalue weighted by Gasteiger charge is -2.32. The predicted octanol–water partition coefficient (Wildman–Crippen LogP) is 2.47. The monoisotopic (exact) mass is 217 g/mol. The van der Waals surface area contributed by atoms with Crippen LogP contribution in [0.2, 0.25) is 0 Å². The minimum Gasteiger partial charge on any atom is -0.495 e. The number of methoxy groups -OCH3 is 1. The van der Waals surface area contributed by atoms with Gasteiger partial charge in [-0.15, -0.1) is 0 Å². The number of ketones is 1. The topological polar surface area (TPSA) is 38.3 Å². The van der Waals surface area contributed by atoms with Gasteiger partial charge in [0.25, 0.3) is 0 Å². The Kier molecular flexibility index (Phi) is 1.82. The second-order valence-electron chi connectivity index (χ2n) is 4.73. The number of nitrogens with one attached hydrogen (secondary N) is 1. The van der Waals surface area contributed by atoms with Crippen LogP contribution in [0.25, 0.3) is 0 Å². The molecule has 0 bridgehead atoms. The molecule has 3 nitrogen and oxygen atoms in total. The molecule has 1 atom stereocenters. The van der Waals surface area contributed by atoms with Crippen LogP contribution in [-0.4, -0.2) is 18.9 Å². The minimum atomic E-state index is -0.126. The van der Waals surface area contributed by atoms with Crippen molar-refractivity contribution in [1.29, 1.82) is 0 Å². The van der Waals surface area contributed by atoms with Crippen molar-refractivity contribution in [2.24, 2.45) is 5.41 Å². The van der Waals surface area contributed by atoms with Crippen molar-refractivity contribution in [2.75, 3.05) is 12.4 Å². The Balaban J connectivity index is 2.15. The van der Waals surface area contributed by atoms with Crippen LogP contribution in [0.3, 0.4) is 0 Å². The first-order valence-electron chi connectivity index (χ1n) is 5.67. The van der Waals surface area contributed by atoms with Gasteiger partial charge in [-0.1, -0.05) is 6.07 Å². The van der Waals surface area contributed by atoms with Gasteiger partial charge in [0.15, 0.2) is 5.78 Å². The van der Waals surface area contributed by atoms with Crippen LogP contribution >= 0.6 is 0 Å². The van der Waals surface area contributed by atoms with E-state index < -0.39 is 0 Å². The van der Waals surface area contributed by atoms with Gasteiger partial charge < -0.3 is 10.1 Å². The molecule has 3 heteroatoms. The molecule has 1 heterocycles. The molecule has 84 valence electrons. The first kappa shape index (κ1) is 9.70. The molecule has 1 N–H and O–H groups in total. The molecule has 1 aliphatic heterocycles. The van der Waals surface area contributed by atoms with Crippen molar-refractivity contribution >= 4 is 11.5 Å². The van der Waals surface area contributed by atoms with Gasteiger partial charge in [-0.3, -0.25) is 4.79 Å². The van der Waals surface area contributed by atoms with Crippen LogP contribution in [0.1, 0.15) is 30.1 Å². The SMILES string of the molecule is COc1cccc2c1NC(C)C1(CC1)C2=O. The number of benzene rings is 1. The van der Waals surface area contributed by atoms with E-state index in [1.165, 1.54) is 0 Å². The van der Waals surface area contributed by atoms with Crippen LogP contribution in [-0.2, 0) is 0 Å². The van der Waals surface area contributed by atoms with Crippen LogP contribution in [0.5, 0.6) is 5.75 Å². The van der Waals surface area contributed by atoms with Crippen molar-refractivity contribution in [3.05, 3.63) is 23.8 Å². The molecule has 1 aromatic rings. The zero-order chi connectivity index (χ0) is 11.3. The van der Waals surface area contributed by atoms with E-state index in [4.69, 9.17) is 4.74 Å². The number of hydrogen-bond donors (Lipinski definition) is 1. The van der Waals surface area contributed by atoms with Crippen LogP contribution in [0, 0.1) is 5.41 Å². The highest BCUT2D eigenvalue weighted by atomic mass is 16.5. The molecule has 0 amide bonds. The van der Waals surface area contributed by atoms with E-state index in [0.29, 0.717) is 0 Å². The number of carbonyl (C=O) groups excluding carboxylic acids is 1. The summed E-state index contributed by atoms with van der Waals surface area (Å²) in [6.45, 7) is 2.08.